The van der Waals surface area contributed by atoms with E-state index in [0.717, 1.165) is 16.8 Å². The van der Waals surface area contributed by atoms with E-state index in [1.54, 1.807) is 0 Å². The third-order valence-electron chi connectivity index (χ3n) is 3.65. The molecule has 0 N–H and O–H groups in total. The summed E-state index contributed by atoms with van der Waals surface area (Å²) >= 11 is 0. The summed E-state index contributed by atoms with van der Waals surface area (Å²) in [5, 5.41) is 0. The topological polar surface area (TPSA) is 57.1 Å². The van der Waals surface area contributed by atoms with Gasteiger partial charge < -0.3 is 14.2 Å². The molecule has 0 aliphatic rings. The molecule has 0 amide bonds. The van der Waals surface area contributed by atoms with Crippen LogP contribution in [0.4, 0.5) is 0 Å². The molecule has 0 aromatic heterocycles. The highest BCUT2D eigenvalue weighted by molar-refractivity contribution is 6.12. The average molecular weight is 355 g/mol. The number of hydrogen-bond donors (Lipinski definition) is 0. The lowest BCUT2D eigenvalue weighted by molar-refractivity contribution is -0.141. The lowest BCUT2D eigenvalue weighted by Crippen LogP contribution is -2.11. The van der Waals surface area contributed by atoms with Gasteiger partial charge in [0.15, 0.2) is 0 Å². The highest BCUT2D eigenvalue weighted by Crippen LogP contribution is 2.10. The predicted octanol–water partition coefficient (Wildman–Crippen LogP) is 3.12. The smallest absolute Gasteiger partial charge is 0.307 e. The zero-order chi connectivity index (χ0) is 18.5. The second kappa shape index (κ2) is 12.0. The van der Waals surface area contributed by atoms with E-state index in [1.165, 1.54) is 7.11 Å². The summed E-state index contributed by atoms with van der Waals surface area (Å²) < 4.78 is 15.4. The highest BCUT2D eigenvalue weighted by atomic mass is 16.5. The molecule has 0 aliphatic carbocycles. The summed E-state index contributed by atoms with van der Waals surface area (Å²) in [6.45, 7) is 2.36. The summed E-state index contributed by atoms with van der Waals surface area (Å²) in [6, 6.07) is 20.3. The van der Waals surface area contributed by atoms with Crippen molar-refractivity contribution in [1.82, 2.24) is 0 Å². The number of aliphatic imine (C=N–C) groups is 1. The molecule has 0 saturated heterocycles. The number of methoxy groups -OCH3 is 1. The molecule has 26 heavy (non-hydrogen) atoms. The fourth-order valence-electron chi connectivity index (χ4n) is 2.34. The van der Waals surface area contributed by atoms with Crippen molar-refractivity contribution < 1.29 is 19.0 Å². The first-order chi connectivity index (χ1) is 12.8. The number of hydrogen-bond acceptors (Lipinski definition) is 5. The third-order valence-corrected chi connectivity index (χ3v) is 3.65. The lowest BCUT2D eigenvalue weighted by atomic mass is 10.0. The Kier molecular flexibility index (Phi) is 9.11. The van der Waals surface area contributed by atoms with Gasteiger partial charge in [0.05, 0.1) is 52.2 Å². The van der Waals surface area contributed by atoms with Crippen molar-refractivity contribution in [2.24, 2.45) is 4.99 Å². The van der Waals surface area contributed by atoms with E-state index in [0.29, 0.717) is 33.0 Å². The van der Waals surface area contributed by atoms with Crippen LogP contribution in [-0.2, 0) is 19.0 Å². The van der Waals surface area contributed by atoms with E-state index < -0.39 is 0 Å². The molecule has 0 unspecified atom stereocenters. The highest BCUT2D eigenvalue weighted by Gasteiger charge is 2.05. The van der Waals surface area contributed by atoms with Crippen molar-refractivity contribution in [3.8, 4) is 0 Å². The van der Waals surface area contributed by atoms with Crippen LogP contribution in [0.15, 0.2) is 65.7 Å². The molecule has 2 rings (SSSR count). The average Bonchev–Trinajstić information content (AvgIpc) is 2.70. The van der Waals surface area contributed by atoms with Gasteiger partial charge in [-0.05, 0) is 0 Å². The van der Waals surface area contributed by atoms with Gasteiger partial charge in [-0.1, -0.05) is 60.7 Å². The minimum atomic E-state index is -0.269. The van der Waals surface area contributed by atoms with Gasteiger partial charge in [-0.25, -0.2) is 0 Å². The Bertz CT molecular complexity index is 629. The van der Waals surface area contributed by atoms with Crippen molar-refractivity contribution in [3.63, 3.8) is 0 Å². The maximum Gasteiger partial charge on any atom is 0.307 e. The molecule has 5 heteroatoms. The predicted molar refractivity (Wildman–Crippen MR) is 102 cm³/mol. The fraction of sp³-hybridized carbons (Fsp3) is 0.333. The zero-order valence-corrected chi connectivity index (χ0v) is 15.1. The van der Waals surface area contributed by atoms with Crippen LogP contribution in [0.2, 0.25) is 0 Å². The largest absolute Gasteiger partial charge is 0.469 e. The minimum absolute atomic E-state index is 0.262. The van der Waals surface area contributed by atoms with Crippen molar-refractivity contribution in [2.75, 3.05) is 40.1 Å². The Morgan fingerprint density at radius 1 is 0.808 bits per heavy atom. The maximum absolute atomic E-state index is 10.9. The number of rotatable bonds is 11. The van der Waals surface area contributed by atoms with Crippen molar-refractivity contribution in [1.29, 1.82) is 0 Å². The summed E-state index contributed by atoms with van der Waals surface area (Å²) in [4.78, 5) is 15.7. The number of ether oxygens (including phenoxy) is 3. The van der Waals surface area contributed by atoms with Crippen LogP contribution in [0.25, 0.3) is 0 Å². The van der Waals surface area contributed by atoms with Crippen molar-refractivity contribution in [3.05, 3.63) is 71.8 Å². The first kappa shape index (κ1) is 19.8. The molecule has 0 radical (unpaired) electrons. The van der Waals surface area contributed by atoms with Crippen LogP contribution in [0.3, 0.4) is 0 Å². The van der Waals surface area contributed by atoms with E-state index in [9.17, 15) is 4.79 Å². The monoisotopic (exact) mass is 355 g/mol. The number of nitrogens with zero attached hydrogens (tertiary/aromatic N) is 1. The SMILES string of the molecule is COC(=O)CCOCCOCCN=C(c1ccccc1)c1ccccc1. The van der Waals surface area contributed by atoms with Gasteiger partial charge >= 0.3 is 5.97 Å². The zero-order valence-electron chi connectivity index (χ0n) is 15.1. The quantitative estimate of drug-likeness (QED) is 0.353. The van der Waals surface area contributed by atoms with E-state index in [-0.39, 0.29) is 12.4 Å². The van der Waals surface area contributed by atoms with Crippen LogP contribution in [0, 0.1) is 0 Å². The molecule has 2 aromatic carbocycles. The van der Waals surface area contributed by atoms with Crippen LogP contribution < -0.4 is 0 Å². The van der Waals surface area contributed by atoms with Gasteiger partial charge in [-0.3, -0.25) is 9.79 Å². The molecular weight excluding hydrogens is 330 g/mol. The maximum atomic E-state index is 10.9. The van der Waals surface area contributed by atoms with Gasteiger partial charge in [0, 0.05) is 11.1 Å². The number of carbonyl (C=O) groups is 1. The summed E-state index contributed by atoms with van der Waals surface area (Å²) in [5.41, 5.74) is 3.14. The molecule has 0 saturated carbocycles. The molecule has 0 heterocycles. The second-order valence-electron chi connectivity index (χ2n) is 5.51. The molecule has 0 aliphatic heterocycles. The lowest BCUT2D eigenvalue weighted by Gasteiger charge is -2.08. The Hall–Kier alpha value is -2.50. The third kappa shape index (κ3) is 7.17. The van der Waals surface area contributed by atoms with Gasteiger partial charge in [-0.2, -0.15) is 0 Å². The fourth-order valence-corrected chi connectivity index (χ4v) is 2.34. The van der Waals surface area contributed by atoms with E-state index in [2.05, 4.69) is 29.0 Å². The molecule has 2 aromatic rings. The van der Waals surface area contributed by atoms with Gasteiger partial charge in [0.1, 0.15) is 0 Å². The van der Waals surface area contributed by atoms with Crippen LogP contribution in [0.5, 0.6) is 0 Å². The normalized spacial score (nSPS) is 10.3. The Balaban J connectivity index is 1.76. The molecule has 5 nitrogen and oxygen atoms in total. The molecule has 138 valence electrons. The Morgan fingerprint density at radius 3 is 1.88 bits per heavy atom. The first-order valence-corrected chi connectivity index (χ1v) is 8.69. The van der Waals surface area contributed by atoms with Gasteiger partial charge in [0.2, 0.25) is 0 Å². The van der Waals surface area contributed by atoms with E-state index >= 15 is 0 Å². The number of carbonyl (C=O) groups excluding carboxylic acids is 1. The van der Waals surface area contributed by atoms with Crippen LogP contribution in [0.1, 0.15) is 17.5 Å². The first-order valence-electron chi connectivity index (χ1n) is 8.69. The summed E-state index contributed by atoms with van der Waals surface area (Å²) in [7, 11) is 1.37. The number of benzene rings is 2. The van der Waals surface area contributed by atoms with Crippen molar-refractivity contribution in [2.45, 2.75) is 6.42 Å². The van der Waals surface area contributed by atoms with Gasteiger partial charge in [-0.15, -0.1) is 0 Å². The second-order valence-corrected chi connectivity index (χ2v) is 5.51. The molecule has 0 fully saturated rings. The summed E-state index contributed by atoms with van der Waals surface area (Å²) in [6.07, 6.45) is 0.262. The van der Waals surface area contributed by atoms with Crippen molar-refractivity contribution >= 4 is 11.7 Å². The Morgan fingerprint density at radius 2 is 1.35 bits per heavy atom. The van der Waals surface area contributed by atoms with Crippen LogP contribution >= 0.6 is 0 Å². The molecule has 0 bridgehead atoms. The molecule has 0 spiro atoms. The minimum Gasteiger partial charge on any atom is -0.469 e. The Labute approximate surface area is 154 Å². The van der Waals surface area contributed by atoms with E-state index in [1.807, 2.05) is 36.4 Å². The van der Waals surface area contributed by atoms with Crippen LogP contribution in [-0.4, -0.2) is 51.8 Å². The molecular formula is C21H25NO4. The van der Waals surface area contributed by atoms with E-state index in [4.69, 9.17) is 14.5 Å². The number of esters is 1. The summed E-state index contributed by atoms with van der Waals surface area (Å²) in [5.74, 6) is -0.269. The molecule has 0 atom stereocenters. The standard InChI is InChI=1S/C21H25NO4/c1-24-20(23)12-14-25-16-17-26-15-13-22-21(18-8-4-2-5-9-18)19-10-6-3-7-11-19/h2-11H,12-17H2,1H3. The van der Waals surface area contributed by atoms with Gasteiger partial charge in [0.25, 0.3) is 0 Å².